The van der Waals surface area contributed by atoms with E-state index in [1.807, 2.05) is 0 Å². The molecule has 1 aliphatic rings. The Morgan fingerprint density at radius 2 is 2.22 bits per heavy atom. The number of nitrogens with zero attached hydrogens (tertiary/aromatic N) is 1. The number of carbonyl (C=O) groups is 1. The molecule has 1 fully saturated rings. The second kappa shape index (κ2) is 6.91. The fourth-order valence-electron chi connectivity index (χ4n) is 1.63. The average molecular weight is 271 g/mol. The van der Waals surface area contributed by atoms with Gasteiger partial charge in [-0.05, 0) is 0 Å². The molecule has 1 heterocycles. The summed E-state index contributed by atoms with van der Waals surface area (Å²) in [4.78, 5) is 13.1. The molecule has 1 rings (SSSR count). The van der Waals surface area contributed by atoms with E-state index in [1.165, 1.54) is 4.90 Å². The smallest absolute Gasteiger partial charge is 0.394 e. The van der Waals surface area contributed by atoms with E-state index in [1.54, 1.807) is 0 Å². The number of rotatable bonds is 5. The molecule has 0 spiro atoms. The predicted octanol–water partition coefficient (Wildman–Crippen LogP) is 0.175. The van der Waals surface area contributed by atoms with Crippen LogP contribution in [0.25, 0.3) is 0 Å². The number of amides is 1. The second-order valence-electron chi connectivity index (χ2n) is 3.92. The Morgan fingerprint density at radius 1 is 1.50 bits per heavy atom. The lowest BCUT2D eigenvalue weighted by Gasteiger charge is -2.34. The molecule has 0 aromatic rings. The molecule has 5 nitrogen and oxygen atoms in total. The van der Waals surface area contributed by atoms with Crippen molar-refractivity contribution in [3.63, 3.8) is 0 Å². The molecule has 1 atom stereocenters. The van der Waals surface area contributed by atoms with E-state index in [0.29, 0.717) is 13.2 Å². The van der Waals surface area contributed by atoms with Crippen molar-refractivity contribution in [2.24, 2.45) is 0 Å². The van der Waals surface area contributed by atoms with Gasteiger partial charge in [0.1, 0.15) is 6.61 Å². The fourth-order valence-corrected chi connectivity index (χ4v) is 1.63. The van der Waals surface area contributed by atoms with Gasteiger partial charge in [0, 0.05) is 6.54 Å². The number of morpholine rings is 1. The van der Waals surface area contributed by atoms with Gasteiger partial charge in [-0.25, -0.2) is 0 Å². The second-order valence-corrected chi connectivity index (χ2v) is 3.92. The summed E-state index contributed by atoms with van der Waals surface area (Å²) < 4.78 is 44.8. The lowest BCUT2D eigenvalue weighted by Crippen LogP contribution is -2.50. The van der Waals surface area contributed by atoms with Crippen molar-refractivity contribution in [1.82, 2.24) is 4.90 Å². The van der Waals surface area contributed by atoms with Crippen molar-refractivity contribution in [2.75, 3.05) is 39.6 Å². The Kier molecular flexibility index (Phi) is 5.83. The van der Waals surface area contributed by atoms with E-state index in [9.17, 15) is 18.0 Å². The largest absolute Gasteiger partial charge is 0.411 e. The minimum Gasteiger partial charge on any atom is -0.394 e. The number of aliphatic hydroxyl groups is 1. The summed E-state index contributed by atoms with van der Waals surface area (Å²) >= 11 is 0. The predicted molar refractivity (Wildman–Crippen MR) is 54.9 cm³/mol. The Morgan fingerprint density at radius 3 is 2.83 bits per heavy atom. The first-order valence-electron chi connectivity index (χ1n) is 5.56. The highest BCUT2D eigenvalue weighted by molar-refractivity contribution is 5.76. The summed E-state index contributed by atoms with van der Waals surface area (Å²) in [7, 11) is 0. The zero-order valence-corrected chi connectivity index (χ0v) is 9.78. The third-order valence-corrected chi connectivity index (χ3v) is 2.48. The van der Waals surface area contributed by atoms with Crippen molar-refractivity contribution < 1.29 is 32.5 Å². The van der Waals surface area contributed by atoms with Gasteiger partial charge in [-0.2, -0.15) is 13.2 Å². The first-order valence-corrected chi connectivity index (χ1v) is 5.56. The molecular weight excluding hydrogens is 255 g/mol. The quantitative estimate of drug-likeness (QED) is 0.724. The van der Waals surface area contributed by atoms with Crippen LogP contribution >= 0.6 is 0 Å². The lowest BCUT2D eigenvalue weighted by atomic mass is 10.2. The number of aliphatic hydroxyl groups excluding tert-OH is 1. The molecule has 1 amide bonds. The number of halogens is 3. The Labute approximate surface area is 102 Å². The number of hydrogen-bond donors (Lipinski definition) is 1. The third-order valence-electron chi connectivity index (χ3n) is 2.48. The van der Waals surface area contributed by atoms with Crippen LogP contribution in [-0.2, 0) is 14.3 Å². The minimum absolute atomic E-state index is 0.132. The van der Waals surface area contributed by atoms with Crippen LogP contribution in [0.1, 0.15) is 6.42 Å². The van der Waals surface area contributed by atoms with Crippen LogP contribution in [0.4, 0.5) is 13.2 Å². The van der Waals surface area contributed by atoms with Gasteiger partial charge in [-0.15, -0.1) is 0 Å². The fraction of sp³-hybridized carbons (Fsp3) is 0.900. The SMILES string of the molecule is O=C(CCOCC(F)(F)F)N1CCOCC1CO. The Bertz CT molecular complexity index is 272. The summed E-state index contributed by atoms with van der Waals surface area (Å²) in [5.41, 5.74) is 0. The van der Waals surface area contributed by atoms with E-state index in [0.717, 1.165) is 0 Å². The van der Waals surface area contributed by atoms with E-state index < -0.39 is 18.8 Å². The van der Waals surface area contributed by atoms with Crippen LogP contribution in [-0.4, -0.2) is 67.7 Å². The molecule has 0 bridgehead atoms. The van der Waals surface area contributed by atoms with Crippen molar-refractivity contribution in [3.05, 3.63) is 0 Å². The molecule has 0 radical (unpaired) electrons. The lowest BCUT2D eigenvalue weighted by molar-refractivity contribution is -0.175. The molecule has 0 aromatic carbocycles. The van der Waals surface area contributed by atoms with Crippen LogP contribution in [0.3, 0.4) is 0 Å². The van der Waals surface area contributed by atoms with Crippen LogP contribution in [0, 0.1) is 0 Å². The van der Waals surface area contributed by atoms with Crippen molar-refractivity contribution in [1.29, 1.82) is 0 Å². The zero-order valence-electron chi connectivity index (χ0n) is 9.78. The van der Waals surface area contributed by atoms with Crippen LogP contribution in [0.15, 0.2) is 0 Å². The van der Waals surface area contributed by atoms with Gasteiger partial charge in [0.05, 0.1) is 38.9 Å². The highest BCUT2D eigenvalue weighted by atomic mass is 19.4. The standard InChI is InChI=1S/C10H16F3NO4/c11-10(12,13)7-18-3-1-9(16)14-2-4-17-6-8(14)5-15/h8,15H,1-7H2. The summed E-state index contributed by atoms with van der Waals surface area (Å²) in [6, 6.07) is -0.422. The topological polar surface area (TPSA) is 59.0 Å². The number of ether oxygens (including phenoxy) is 2. The van der Waals surface area contributed by atoms with Crippen molar-refractivity contribution >= 4 is 5.91 Å². The summed E-state index contributed by atoms with van der Waals surface area (Å²) in [5, 5.41) is 9.03. The molecule has 106 valence electrons. The number of hydrogen-bond acceptors (Lipinski definition) is 4. The Balaban J connectivity index is 2.27. The zero-order chi connectivity index (χ0) is 13.6. The van der Waals surface area contributed by atoms with Crippen LogP contribution in [0.2, 0.25) is 0 Å². The molecule has 1 saturated heterocycles. The van der Waals surface area contributed by atoms with Crippen molar-refractivity contribution in [3.8, 4) is 0 Å². The highest BCUT2D eigenvalue weighted by Crippen LogP contribution is 2.15. The van der Waals surface area contributed by atoms with E-state index in [4.69, 9.17) is 9.84 Å². The molecule has 1 N–H and O–H groups in total. The van der Waals surface area contributed by atoms with Crippen LogP contribution in [0.5, 0.6) is 0 Å². The van der Waals surface area contributed by atoms with Crippen molar-refractivity contribution in [2.45, 2.75) is 18.6 Å². The first kappa shape index (κ1) is 15.2. The van der Waals surface area contributed by atoms with E-state index >= 15 is 0 Å². The monoisotopic (exact) mass is 271 g/mol. The third kappa shape index (κ3) is 5.19. The average Bonchev–Trinajstić information content (AvgIpc) is 2.33. The van der Waals surface area contributed by atoms with Gasteiger partial charge in [0.2, 0.25) is 5.91 Å². The van der Waals surface area contributed by atoms with Crippen LogP contribution < -0.4 is 0 Å². The highest BCUT2D eigenvalue weighted by Gasteiger charge is 2.29. The van der Waals surface area contributed by atoms with E-state index in [2.05, 4.69) is 4.74 Å². The van der Waals surface area contributed by atoms with Gasteiger partial charge in [-0.1, -0.05) is 0 Å². The number of alkyl halides is 3. The van der Waals surface area contributed by atoms with Gasteiger partial charge in [0.15, 0.2) is 0 Å². The van der Waals surface area contributed by atoms with Gasteiger partial charge in [-0.3, -0.25) is 4.79 Å². The molecule has 0 saturated carbocycles. The van der Waals surface area contributed by atoms with Gasteiger partial charge >= 0.3 is 6.18 Å². The molecule has 0 aromatic heterocycles. The number of carbonyl (C=O) groups excluding carboxylic acids is 1. The first-order chi connectivity index (χ1) is 8.44. The minimum atomic E-state index is -4.38. The summed E-state index contributed by atoms with van der Waals surface area (Å²) in [6.07, 6.45) is -4.51. The molecule has 0 aliphatic carbocycles. The maximum absolute atomic E-state index is 11.8. The Hall–Kier alpha value is -0.860. The molecule has 18 heavy (non-hydrogen) atoms. The molecule has 1 aliphatic heterocycles. The molecular formula is C10H16F3NO4. The molecule has 1 unspecified atom stereocenters. The summed E-state index contributed by atoms with van der Waals surface area (Å²) in [6.45, 7) is -0.920. The summed E-state index contributed by atoms with van der Waals surface area (Å²) in [5.74, 6) is -0.334. The van der Waals surface area contributed by atoms with Gasteiger partial charge < -0.3 is 19.5 Å². The maximum Gasteiger partial charge on any atom is 0.411 e. The molecule has 8 heteroatoms. The maximum atomic E-state index is 11.8. The normalized spacial score (nSPS) is 21.1. The van der Waals surface area contributed by atoms with E-state index in [-0.39, 0.29) is 32.1 Å². The van der Waals surface area contributed by atoms with Gasteiger partial charge in [0.25, 0.3) is 0 Å².